The second-order valence-corrected chi connectivity index (χ2v) is 4.07. The van der Waals surface area contributed by atoms with Gasteiger partial charge in [-0.2, -0.15) is 0 Å². The Balaban J connectivity index is -0.000000443. The Hall–Kier alpha value is -3.43. The number of carbonyl (C=O) groups is 1. The highest BCUT2D eigenvalue weighted by atomic mass is 16.6. The van der Waals surface area contributed by atoms with Crippen LogP contribution < -0.4 is 11.3 Å². The average molecular weight is 381 g/mol. The van der Waals surface area contributed by atoms with Crippen LogP contribution in [0.1, 0.15) is 0 Å². The predicted octanol–water partition coefficient (Wildman–Crippen LogP) is -0.464. The Bertz CT molecular complexity index is 620. The summed E-state index contributed by atoms with van der Waals surface area (Å²) in [5, 5.41) is 57.5. The van der Waals surface area contributed by atoms with Crippen LogP contribution in [0.15, 0.2) is 12.1 Å². The summed E-state index contributed by atoms with van der Waals surface area (Å²) in [5.74, 6) is -1.25. The summed E-state index contributed by atoms with van der Waals surface area (Å²) in [7, 11) is 3.38. The highest BCUT2D eigenvalue weighted by Crippen LogP contribution is 2.40. The van der Waals surface area contributed by atoms with Gasteiger partial charge >= 0.3 is 17.1 Å². The number of nitrogens with zero attached hydrogens (tertiary/aromatic N) is 4. The zero-order chi connectivity index (χ0) is 20.2. The normalized spacial score (nSPS) is 8.46. The van der Waals surface area contributed by atoms with Crippen LogP contribution in [0.2, 0.25) is 0 Å². The first-order chi connectivity index (χ1) is 11.5. The van der Waals surface area contributed by atoms with Crippen molar-refractivity contribution in [2.45, 2.75) is 0 Å². The molecule has 0 aromatic heterocycles. The molecule has 0 heterocycles. The van der Waals surface area contributed by atoms with Gasteiger partial charge in [0.25, 0.3) is 0 Å². The molecule has 0 unspecified atom stereocenters. The quantitative estimate of drug-likeness (QED) is 0.336. The Kier molecular flexibility index (Phi) is 14.7. The van der Waals surface area contributed by atoms with Crippen molar-refractivity contribution in [2.75, 3.05) is 27.3 Å². The molecule has 15 nitrogen and oxygen atoms in total. The number of hydrogen-bond donors (Lipinski definition) is 3. The van der Waals surface area contributed by atoms with E-state index in [9.17, 15) is 40.2 Å². The number of aliphatic hydroxyl groups is 2. The Labute approximate surface area is 146 Å². The maximum Gasteiger partial charge on any atom is 0.421 e. The lowest BCUT2D eigenvalue weighted by Crippen LogP contribution is -2.06. The number of aliphatic hydroxyl groups excluding tert-OH is 2. The molecule has 1 aromatic rings. The van der Waals surface area contributed by atoms with Gasteiger partial charge < -0.3 is 26.4 Å². The number of nitro benzene ring substituents is 3. The molecule has 0 atom stereocenters. The van der Waals surface area contributed by atoms with Gasteiger partial charge in [0, 0.05) is 20.2 Å². The van der Waals surface area contributed by atoms with Crippen LogP contribution in [-0.4, -0.2) is 63.6 Å². The molecule has 0 aliphatic heterocycles. The van der Waals surface area contributed by atoms with Crippen molar-refractivity contribution < 1.29 is 34.9 Å². The maximum atomic E-state index is 11.0. The molecular weight excluding hydrogens is 362 g/mol. The minimum absolute atomic E-state index is 0. The third kappa shape index (κ3) is 9.65. The van der Waals surface area contributed by atoms with E-state index in [0.29, 0.717) is 12.1 Å². The smallest absolute Gasteiger partial charge is 0.421 e. The van der Waals surface area contributed by atoms with Crippen LogP contribution in [0, 0.1) is 30.3 Å². The minimum Gasteiger partial charge on any atom is -0.868 e. The van der Waals surface area contributed by atoms with E-state index in [1.54, 1.807) is 14.1 Å². The fourth-order valence-electron chi connectivity index (χ4n) is 1.05. The molecule has 6 N–H and O–H groups in total. The fourth-order valence-corrected chi connectivity index (χ4v) is 1.05. The first-order valence-corrected chi connectivity index (χ1v) is 6.15. The van der Waals surface area contributed by atoms with E-state index >= 15 is 0 Å². The topological polar surface area (TPSA) is 250 Å². The molecule has 0 saturated carbocycles. The van der Waals surface area contributed by atoms with Gasteiger partial charge in [-0.1, -0.05) is 6.07 Å². The Morgan fingerprint density at radius 3 is 1.58 bits per heavy atom. The molecule has 1 rings (SSSR count). The van der Waals surface area contributed by atoms with Gasteiger partial charge in [-0.3, -0.25) is 35.1 Å². The van der Waals surface area contributed by atoms with E-state index in [-0.39, 0.29) is 19.4 Å². The lowest BCUT2D eigenvalue weighted by atomic mass is 10.2. The first kappa shape index (κ1) is 27.4. The van der Waals surface area contributed by atoms with Crippen LogP contribution in [0.25, 0.3) is 0 Å². The van der Waals surface area contributed by atoms with Crippen molar-refractivity contribution in [3.8, 4) is 5.75 Å². The number of benzene rings is 1. The summed E-state index contributed by atoms with van der Waals surface area (Å²) in [6, 6.07) is 1.11. The molecule has 148 valence electrons. The number of carbonyl (C=O) groups excluding carboxylic acids is 1. The molecule has 1 amide bonds. The second-order valence-electron chi connectivity index (χ2n) is 4.07. The maximum absolute atomic E-state index is 11.0. The number of amides is 1. The average Bonchev–Trinajstić information content (AvgIpc) is 2.54. The summed E-state index contributed by atoms with van der Waals surface area (Å²) in [5.41, 5.74) is -3.89. The summed E-state index contributed by atoms with van der Waals surface area (Å²) in [4.78, 5) is 38.3. The SMILES string of the molecule is CN(C)C=O.O=[N+]([O-])c1ccc([O-])c([N+](=O)[O-])c1[N+](=O)[O-].OCCO.[NH4+]. The van der Waals surface area contributed by atoms with Crippen LogP contribution >= 0.6 is 0 Å². The molecule has 0 saturated heterocycles. The second kappa shape index (κ2) is 14.0. The van der Waals surface area contributed by atoms with Crippen molar-refractivity contribution in [3.63, 3.8) is 0 Å². The minimum atomic E-state index is -1.40. The van der Waals surface area contributed by atoms with Crippen molar-refractivity contribution in [1.82, 2.24) is 11.1 Å². The van der Waals surface area contributed by atoms with Gasteiger partial charge in [0.15, 0.2) is 0 Å². The lowest BCUT2D eigenvalue weighted by molar-refractivity contribution is -0.445. The van der Waals surface area contributed by atoms with Crippen molar-refractivity contribution in [2.24, 2.45) is 0 Å². The molecule has 0 aliphatic carbocycles. The number of hydrogen-bond acceptors (Lipinski definition) is 10. The van der Waals surface area contributed by atoms with Crippen molar-refractivity contribution in [3.05, 3.63) is 42.5 Å². The van der Waals surface area contributed by atoms with Gasteiger partial charge in [0.1, 0.15) is 0 Å². The summed E-state index contributed by atoms with van der Waals surface area (Å²) < 4.78 is 0. The third-order valence-corrected chi connectivity index (χ3v) is 1.97. The van der Waals surface area contributed by atoms with Crippen molar-refractivity contribution >= 4 is 23.5 Å². The molecule has 0 spiro atoms. The van der Waals surface area contributed by atoms with Gasteiger partial charge in [-0.15, -0.1) is 0 Å². The monoisotopic (exact) mass is 381 g/mol. The highest BCUT2D eigenvalue weighted by Gasteiger charge is 2.35. The summed E-state index contributed by atoms with van der Waals surface area (Å²) in [6.45, 7) is -0.250. The summed E-state index contributed by atoms with van der Waals surface area (Å²) in [6.07, 6.45) is 0.750. The first-order valence-electron chi connectivity index (χ1n) is 6.15. The standard InChI is InChI=1S/C6H3N3O7.C3H7NO.C2H6O2.H3N/c10-4-2-1-3(7(11)12)5(8(13)14)6(4)9(15)16;1-4(2)3-5;3-1-2-4;/h1-2,10H;3H,1-2H3;3-4H,1-2H2;1H3. The zero-order valence-corrected chi connectivity index (χ0v) is 14.1. The van der Waals surface area contributed by atoms with E-state index in [4.69, 9.17) is 10.2 Å². The molecule has 0 aliphatic rings. The van der Waals surface area contributed by atoms with Gasteiger partial charge in [-0.05, 0) is 5.75 Å². The fraction of sp³-hybridized carbons (Fsp3) is 0.364. The molecule has 15 heteroatoms. The van der Waals surface area contributed by atoms with E-state index in [0.717, 1.165) is 6.41 Å². The van der Waals surface area contributed by atoms with Gasteiger partial charge in [-0.25, -0.2) is 0 Å². The van der Waals surface area contributed by atoms with E-state index in [1.807, 2.05) is 0 Å². The molecule has 26 heavy (non-hydrogen) atoms. The molecular formula is C11H19N5O10. The molecule has 0 bridgehead atoms. The van der Waals surface area contributed by atoms with Crippen molar-refractivity contribution in [1.29, 1.82) is 0 Å². The summed E-state index contributed by atoms with van der Waals surface area (Å²) >= 11 is 0. The van der Waals surface area contributed by atoms with Crippen LogP contribution in [0.3, 0.4) is 0 Å². The number of nitro groups is 3. The highest BCUT2D eigenvalue weighted by molar-refractivity contribution is 5.70. The lowest BCUT2D eigenvalue weighted by Gasteiger charge is -2.05. The van der Waals surface area contributed by atoms with E-state index in [2.05, 4.69) is 0 Å². The van der Waals surface area contributed by atoms with E-state index < -0.39 is 37.6 Å². The molecule has 0 fully saturated rings. The van der Waals surface area contributed by atoms with Crippen LogP contribution in [-0.2, 0) is 4.79 Å². The Morgan fingerprint density at radius 1 is 0.962 bits per heavy atom. The molecule has 0 radical (unpaired) electrons. The van der Waals surface area contributed by atoms with Gasteiger partial charge in [0.05, 0.1) is 28.0 Å². The van der Waals surface area contributed by atoms with Gasteiger partial charge in [0.2, 0.25) is 6.41 Å². The van der Waals surface area contributed by atoms with Crippen LogP contribution in [0.4, 0.5) is 17.1 Å². The van der Waals surface area contributed by atoms with Crippen LogP contribution in [0.5, 0.6) is 5.75 Å². The number of rotatable bonds is 5. The third-order valence-electron chi connectivity index (χ3n) is 1.97. The van der Waals surface area contributed by atoms with E-state index in [1.165, 1.54) is 4.90 Å². The number of quaternary nitrogens is 1. The largest absolute Gasteiger partial charge is 0.868 e. The molecule has 1 aromatic carbocycles. The Morgan fingerprint density at radius 2 is 1.35 bits per heavy atom. The zero-order valence-electron chi connectivity index (χ0n) is 14.1. The predicted molar refractivity (Wildman–Crippen MR) is 85.8 cm³/mol.